The molecule has 0 saturated carbocycles. The third-order valence-corrected chi connectivity index (χ3v) is 2.75. The summed E-state index contributed by atoms with van der Waals surface area (Å²) in [6, 6.07) is 11.4. The van der Waals surface area contributed by atoms with Crippen LogP contribution < -0.4 is 10.6 Å². The van der Waals surface area contributed by atoms with Crippen LogP contribution in [0.4, 0.5) is 16.2 Å². The highest BCUT2D eigenvalue weighted by atomic mass is 16.6. The van der Waals surface area contributed by atoms with Crippen LogP contribution in [-0.4, -0.2) is 16.7 Å². The number of amides is 1. The van der Waals surface area contributed by atoms with E-state index < -0.39 is 11.7 Å². The molecular formula is C17H21N3O2. The molecule has 0 unspecified atom stereocenters. The Kier molecular flexibility index (Phi) is 4.99. The molecule has 1 aromatic heterocycles. The SMILES string of the molecule is CC(C)(C)OC(=O)Nc1cccc(NCc2ccncc2)c1. The zero-order chi connectivity index (χ0) is 16.0. The molecule has 2 aromatic rings. The minimum Gasteiger partial charge on any atom is -0.444 e. The lowest BCUT2D eigenvalue weighted by molar-refractivity contribution is 0.0636. The number of nitrogens with zero attached hydrogens (tertiary/aromatic N) is 1. The van der Waals surface area contributed by atoms with Crippen molar-refractivity contribution in [3.05, 3.63) is 54.4 Å². The van der Waals surface area contributed by atoms with Gasteiger partial charge in [-0.1, -0.05) is 6.07 Å². The van der Waals surface area contributed by atoms with E-state index in [0.717, 1.165) is 11.3 Å². The van der Waals surface area contributed by atoms with Gasteiger partial charge < -0.3 is 10.1 Å². The van der Waals surface area contributed by atoms with E-state index in [9.17, 15) is 4.79 Å². The molecule has 0 saturated heterocycles. The fourth-order valence-electron chi connectivity index (χ4n) is 1.83. The normalized spacial score (nSPS) is 10.9. The first-order valence-electron chi connectivity index (χ1n) is 7.15. The Balaban J connectivity index is 1.94. The molecule has 2 N–H and O–H groups in total. The minimum absolute atomic E-state index is 0.459. The van der Waals surface area contributed by atoms with Gasteiger partial charge >= 0.3 is 6.09 Å². The summed E-state index contributed by atoms with van der Waals surface area (Å²) in [4.78, 5) is 15.7. The van der Waals surface area contributed by atoms with Gasteiger partial charge in [0.2, 0.25) is 0 Å². The summed E-state index contributed by atoms with van der Waals surface area (Å²) in [5.74, 6) is 0. The number of rotatable bonds is 4. The van der Waals surface area contributed by atoms with Gasteiger partial charge in [0.15, 0.2) is 0 Å². The molecule has 0 atom stereocenters. The molecular weight excluding hydrogens is 278 g/mol. The number of anilines is 2. The third-order valence-electron chi connectivity index (χ3n) is 2.75. The highest BCUT2D eigenvalue weighted by Gasteiger charge is 2.16. The van der Waals surface area contributed by atoms with Gasteiger partial charge in [-0.25, -0.2) is 4.79 Å². The van der Waals surface area contributed by atoms with Crippen molar-refractivity contribution in [2.75, 3.05) is 10.6 Å². The Morgan fingerprint density at radius 3 is 2.50 bits per heavy atom. The Labute approximate surface area is 130 Å². The molecule has 1 amide bonds. The van der Waals surface area contributed by atoms with Crippen LogP contribution in [-0.2, 0) is 11.3 Å². The molecule has 5 nitrogen and oxygen atoms in total. The number of aromatic nitrogens is 1. The predicted octanol–water partition coefficient (Wildman–Crippen LogP) is 4.04. The van der Waals surface area contributed by atoms with Crippen LogP contribution in [0.5, 0.6) is 0 Å². The zero-order valence-electron chi connectivity index (χ0n) is 13.1. The number of hydrogen-bond donors (Lipinski definition) is 2. The summed E-state index contributed by atoms with van der Waals surface area (Å²) in [5, 5.41) is 6.03. The highest BCUT2D eigenvalue weighted by molar-refractivity contribution is 5.85. The molecule has 1 heterocycles. The van der Waals surface area contributed by atoms with Gasteiger partial charge in [0.25, 0.3) is 0 Å². The highest BCUT2D eigenvalue weighted by Crippen LogP contribution is 2.17. The first kappa shape index (κ1) is 15.8. The fourth-order valence-corrected chi connectivity index (χ4v) is 1.83. The van der Waals surface area contributed by atoms with Gasteiger partial charge in [0, 0.05) is 30.3 Å². The number of pyridine rings is 1. The van der Waals surface area contributed by atoms with Crippen LogP contribution in [0.15, 0.2) is 48.8 Å². The van der Waals surface area contributed by atoms with E-state index in [2.05, 4.69) is 15.6 Å². The zero-order valence-corrected chi connectivity index (χ0v) is 13.1. The van der Waals surface area contributed by atoms with E-state index >= 15 is 0 Å². The van der Waals surface area contributed by atoms with Crippen molar-refractivity contribution < 1.29 is 9.53 Å². The van der Waals surface area contributed by atoms with Gasteiger partial charge in [-0.3, -0.25) is 10.3 Å². The maximum absolute atomic E-state index is 11.8. The van der Waals surface area contributed by atoms with Crippen molar-refractivity contribution in [2.24, 2.45) is 0 Å². The van der Waals surface area contributed by atoms with Crippen molar-refractivity contribution in [3.8, 4) is 0 Å². The van der Waals surface area contributed by atoms with E-state index in [1.165, 1.54) is 0 Å². The lowest BCUT2D eigenvalue weighted by atomic mass is 10.2. The van der Waals surface area contributed by atoms with Gasteiger partial charge in [-0.05, 0) is 56.7 Å². The summed E-state index contributed by atoms with van der Waals surface area (Å²) in [7, 11) is 0. The number of carbonyl (C=O) groups excluding carboxylic acids is 1. The Morgan fingerprint density at radius 2 is 1.82 bits per heavy atom. The lowest BCUT2D eigenvalue weighted by Gasteiger charge is -2.19. The average molecular weight is 299 g/mol. The second-order valence-corrected chi connectivity index (χ2v) is 5.92. The summed E-state index contributed by atoms with van der Waals surface area (Å²) in [6.45, 7) is 6.19. The van der Waals surface area contributed by atoms with Crippen LogP contribution in [0.2, 0.25) is 0 Å². The van der Waals surface area contributed by atoms with Gasteiger partial charge in [-0.2, -0.15) is 0 Å². The average Bonchev–Trinajstić information content (AvgIpc) is 2.44. The number of nitrogens with one attached hydrogen (secondary N) is 2. The second kappa shape index (κ2) is 6.93. The van der Waals surface area contributed by atoms with Gasteiger partial charge in [0.05, 0.1) is 0 Å². The predicted molar refractivity (Wildman–Crippen MR) is 87.9 cm³/mol. The van der Waals surface area contributed by atoms with E-state index in [4.69, 9.17) is 4.74 Å². The third kappa shape index (κ3) is 5.44. The molecule has 0 aliphatic rings. The van der Waals surface area contributed by atoms with E-state index in [1.807, 2.05) is 57.2 Å². The van der Waals surface area contributed by atoms with E-state index in [1.54, 1.807) is 12.4 Å². The number of benzene rings is 1. The Morgan fingerprint density at radius 1 is 1.14 bits per heavy atom. The van der Waals surface area contributed by atoms with E-state index in [0.29, 0.717) is 12.2 Å². The second-order valence-electron chi connectivity index (χ2n) is 5.92. The van der Waals surface area contributed by atoms with Crippen molar-refractivity contribution in [1.82, 2.24) is 4.98 Å². The first-order chi connectivity index (χ1) is 10.4. The molecule has 0 aliphatic carbocycles. The van der Waals surface area contributed by atoms with Crippen molar-refractivity contribution in [1.29, 1.82) is 0 Å². The smallest absolute Gasteiger partial charge is 0.412 e. The monoisotopic (exact) mass is 299 g/mol. The van der Waals surface area contributed by atoms with E-state index in [-0.39, 0.29) is 0 Å². The van der Waals surface area contributed by atoms with Crippen molar-refractivity contribution in [2.45, 2.75) is 32.9 Å². The molecule has 22 heavy (non-hydrogen) atoms. The molecule has 0 radical (unpaired) electrons. The minimum atomic E-state index is -0.513. The van der Waals surface area contributed by atoms with Crippen molar-refractivity contribution >= 4 is 17.5 Å². The molecule has 5 heteroatoms. The molecule has 1 aromatic carbocycles. The van der Waals surface area contributed by atoms with Crippen LogP contribution in [0.25, 0.3) is 0 Å². The molecule has 0 spiro atoms. The number of carbonyl (C=O) groups is 1. The summed E-state index contributed by atoms with van der Waals surface area (Å²) in [5.41, 5.74) is 2.24. The summed E-state index contributed by atoms with van der Waals surface area (Å²) in [6.07, 6.45) is 3.06. The van der Waals surface area contributed by atoms with Crippen molar-refractivity contribution in [3.63, 3.8) is 0 Å². The molecule has 2 rings (SSSR count). The molecule has 116 valence electrons. The largest absolute Gasteiger partial charge is 0.444 e. The topological polar surface area (TPSA) is 63.2 Å². The molecule has 0 aliphatic heterocycles. The van der Waals surface area contributed by atoms with Crippen LogP contribution >= 0.6 is 0 Å². The van der Waals surface area contributed by atoms with Crippen LogP contribution in [0.3, 0.4) is 0 Å². The maximum Gasteiger partial charge on any atom is 0.412 e. The molecule has 0 bridgehead atoms. The number of ether oxygens (including phenoxy) is 1. The standard InChI is InChI=1S/C17H21N3O2/c1-17(2,3)22-16(21)20-15-6-4-5-14(11-15)19-12-13-7-9-18-10-8-13/h4-11,19H,12H2,1-3H3,(H,20,21). The fraction of sp³-hybridized carbons (Fsp3) is 0.294. The van der Waals surface area contributed by atoms with Gasteiger partial charge in [0.1, 0.15) is 5.60 Å². The van der Waals surface area contributed by atoms with Gasteiger partial charge in [-0.15, -0.1) is 0 Å². The summed E-state index contributed by atoms with van der Waals surface area (Å²) >= 11 is 0. The van der Waals surface area contributed by atoms with Crippen LogP contribution in [0.1, 0.15) is 26.3 Å². The maximum atomic E-state index is 11.8. The first-order valence-corrected chi connectivity index (χ1v) is 7.15. The number of hydrogen-bond acceptors (Lipinski definition) is 4. The lowest BCUT2D eigenvalue weighted by Crippen LogP contribution is -2.27. The summed E-state index contributed by atoms with van der Waals surface area (Å²) < 4.78 is 5.23. The Bertz CT molecular complexity index is 621. The van der Waals surface area contributed by atoms with Crippen LogP contribution in [0, 0.1) is 0 Å². The Hall–Kier alpha value is -2.56. The quantitative estimate of drug-likeness (QED) is 0.894. The molecule has 0 fully saturated rings.